The normalized spacial score (nSPS) is 10.2. The smallest absolute Gasteiger partial charge is 0.362 e. The lowest BCUT2D eigenvalue weighted by Gasteiger charge is -2.08. The summed E-state index contributed by atoms with van der Waals surface area (Å²) in [6.45, 7) is 3.98. The Labute approximate surface area is 110 Å². The van der Waals surface area contributed by atoms with Gasteiger partial charge in [0.15, 0.2) is 5.76 Å². The van der Waals surface area contributed by atoms with Gasteiger partial charge in [-0.2, -0.15) is 0 Å². The fraction of sp³-hybridized carbons (Fsp3) is 0.500. The standard InChI is InChI=1S/C10H13NO4S2/c1-4-14-7(6-16)9(17)8(11-13-3)10(12)15-5-2/h4-5H2,1-3H3. The maximum absolute atomic E-state index is 11.5. The van der Waals surface area contributed by atoms with Crippen molar-refractivity contribution in [2.24, 2.45) is 5.16 Å². The second-order valence-corrected chi connectivity index (χ2v) is 3.15. The molecule has 0 fully saturated rings. The topological polar surface area (TPSA) is 57.1 Å². The van der Waals surface area contributed by atoms with Crippen molar-refractivity contribution >= 4 is 46.0 Å². The number of carbonyl (C=O) groups excluding carboxylic acids is 1. The third-order valence-electron chi connectivity index (χ3n) is 1.45. The van der Waals surface area contributed by atoms with Crippen molar-refractivity contribution in [3.05, 3.63) is 5.76 Å². The summed E-state index contributed by atoms with van der Waals surface area (Å²) in [5, 5.41) is 5.84. The summed E-state index contributed by atoms with van der Waals surface area (Å²) in [5.74, 6) is -0.594. The molecule has 0 bridgehead atoms. The van der Waals surface area contributed by atoms with E-state index in [1.165, 1.54) is 7.11 Å². The minimum Gasteiger partial charge on any atom is -0.484 e. The van der Waals surface area contributed by atoms with E-state index in [9.17, 15) is 4.79 Å². The lowest BCUT2D eigenvalue weighted by molar-refractivity contribution is -0.135. The molecule has 0 aliphatic heterocycles. The van der Waals surface area contributed by atoms with Gasteiger partial charge in [0.1, 0.15) is 12.0 Å². The number of allylic oxidation sites excluding steroid dienone is 1. The number of rotatable bonds is 7. The maximum Gasteiger partial charge on any atom is 0.362 e. The number of carbonyl (C=O) groups is 1. The molecule has 0 aliphatic rings. The van der Waals surface area contributed by atoms with Crippen LogP contribution in [0.4, 0.5) is 0 Å². The van der Waals surface area contributed by atoms with Crippen LogP contribution in [0.25, 0.3) is 0 Å². The van der Waals surface area contributed by atoms with Crippen molar-refractivity contribution in [1.82, 2.24) is 0 Å². The number of thiocarbonyl (C=S) groups is 2. The molecule has 0 heterocycles. The van der Waals surface area contributed by atoms with E-state index in [-0.39, 0.29) is 22.9 Å². The highest BCUT2D eigenvalue weighted by Gasteiger charge is 2.23. The summed E-state index contributed by atoms with van der Waals surface area (Å²) in [7, 11) is 1.29. The minimum absolute atomic E-state index is 0.0159. The molecule has 0 amide bonds. The van der Waals surface area contributed by atoms with E-state index in [0.717, 1.165) is 0 Å². The van der Waals surface area contributed by atoms with Gasteiger partial charge in [-0.3, -0.25) is 0 Å². The molecular weight excluding hydrogens is 262 g/mol. The van der Waals surface area contributed by atoms with E-state index < -0.39 is 5.97 Å². The molecule has 0 radical (unpaired) electrons. The molecule has 17 heavy (non-hydrogen) atoms. The first-order chi connectivity index (χ1) is 8.12. The Morgan fingerprint density at radius 2 is 1.88 bits per heavy atom. The minimum atomic E-state index is -0.693. The maximum atomic E-state index is 11.5. The molecule has 0 atom stereocenters. The molecule has 0 spiro atoms. The molecule has 0 aromatic rings. The quantitative estimate of drug-likeness (QED) is 0.175. The Hall–Kier alpha value is -1.30. The molecule has 0 aromatic carbocycles. The van der Waals surface area contributed by atoms with Crippen molar-refractivity contribution in [2.45, 2.75) is 13.8 Å². The average molecular weight is 275 g/mol. The summed E-state index contributed by atoms with van der Waals surface area (Å²) in [6, 6.07) is 0. The van der Waals surface area contributed by atoms with Crippen LogP contribution in [0.1, 0.15) is 13.8 Å². The van der Waals surface area contributed by atoms with Crippen LogP contribution in [-0.2, 0) is 19.1 Å². The van der Waals surface area contributed by atoms with Crippen molar-refractivity contribution in [1.29, 1.82) is 0 Å². The van der Waals surface area contributed by atoms with Crippen LogP contribution in [0.5, 0.6) is 0 Å². The average Bonchev–Trinajstić information content (AvgIpc) is 2.32. The molecule has 5 nitrogen and oxygen atoms in total. The predicted molar refractivity (Wildman–Crippen MR) is 71.4 cm³/mol. The van der Waals surface area contributed by atoms with Crippen molar-refractivity contribution in [2.75, 3.05) is 20.3 Å². The molecule has 0 unspecified atom stereocenters. The molecule has 0 saturated heterocycles. The Bertz CT molecular complexity index is 373. The van der Waals surface area contributed by atoms with Gasteiger partial charge in [0.25, 0.3) is 0 Å². The van der Waals surface area contributed by atoms with E-state index >= 15 is 0 Å². The molecule has 0 saturated carbocycles. The van der Waals surface area contributed by atoms with Gasteiger partial charge < -0.3 is 14.3 Å². The van der Waals surface area contributed by atoms with E-state index in [1.807, 2.05) is 0 Å². The summed E-state index contributed by atoms with van der Waals surface area (Å²) in [4.78, 5) is 16.1. The number of hydrogen-bond acceptors (Lipinski definition) is 7. The van der Waals surface area contributed by atoms with Gasteiger partial charge >= 0.3 is 5.97 Å². The Kier molecular flexibility index (Phi) is 8.13. The van der Waals surface area contributed by atoms with E-state index in [2.05, 4.69) is 27.2 Å². The fourth-order valence-electron chi connectivity index (χ4n) is 0.855. The highest BCUT2D eigenvalue weighted by atomic mass is 32.1. The largest absolute Gasteiger partial charge is 0.484 e. The van der Waals surface area contributed by atoms with Crippen LogP contribution in [0.15, 0.2) is 10.9 Å². The summed E-state index contributed by atoms with van der Waals surface area (Å²) >= 11 is 9.64. The monoisotopic (exact) mass is 275 g/mol. The molecule has 0 N–H and O–H groups in total. The van der Waals surface area contributed by atoms with Gasteiger partial charge in [0.05, 0.1) is 13.2 Å². The highest BCUT2D eigenvalue weighted by Crippen LogP contribution is 2.03. The first-order valence-electron chi connectivity index (χ1n) is 4.83. The third-order valence-corrected chi connectivity index (χ3v) is 2.02. The molecule has 0 aliphatic carbocycles. The number of hydrogen-bond donors (Lipinski definition) is 0. The molecule has 0 rings (SSSR count). The van der Waals surface area contributed by atoms with Crippen LogP contribution >= 0.6 is 24.4 Å². The fourth-order valence-corrected chi connectivity index (χ4v) is 1.31. The third kappa shape index (κ3) is 5.04. The zero-order chi connectivity index (χ0) is 13.3. The first-order valence-corrected chi connectivity index (χ1v) is 5.64. The SMILES string of the molecule is CCOC(=O)C(=NOC)C(=S)C(=C=S)OCC. The number of nitrogens with zero attached hydrogens (tertiary/aromatic N) is 1. The van der Waals surface area contributed by atoms with E-state index in [4.69, 9.17) is 21.7 Å². The van der Waals surface area contributed by atoms with Gasteiger partial charge in [0.2, 0.25) is 5.71 Å². The first kappa shape index (κ1) is 15.7. The Morgan fingerprint density at radius 3 is 2.29 bits per heavy atom. The Morgan fingerprint density at radius 1 is 1.29 bits per heavy atom. The molecule has 0 aromatic heterocycles. The predicted octanol–water partition coefficient (Wildman–Crippen LogP) is 1.44. The van der Waals surface area contributed by atoms with Crippen molar-refractivity contribution in [3.63, 3.8) is 0 Å². The molecule has 94 valence electrons. The lowest BCUT2D eigenvalue weighted by atomic mass is 10.2. The van der Waals surface area contributed by atoms with Crippen LogP contribution in [-0.4, -0.2) is 41.9 Å². The van der Waals surface area contributed by atoms with Crippen LogP contribution < -0.4 is 0 Å². The van der Waals surface area contributed by atoms with Gasteiger partial charge in [-0.15, -0.1) is 0 Å². The summed E-state index contributed by atoms with van der Waals surface area (Å²) in [6.07, 6.45) is 0. The van der Waals surface area contributed by atoms with Gasteiger partial charge in [-0.25, -0.2) is 4.79 Å². The van der Waals surface area contributed by atoms with Crippen LogP contribution in [0.2, 0.25) is 0 Å². The summed E-state index contributed by atoms with van der Waals surface area (Å²) in [5.41, 5.74) is -0.162. The number of ether oxygens (including phenoxy) is 2. The van der Waals surface area contributed by atoms with Crippen LogP contribution in [0, 0.1) is 0 Å². The van der Waals surface area contributed by atoms with Crippen LogP contribution in [0.3, 0.4) is 0 Å². The van der Waals surface area contributed by atoms with Crippen molar-refractivity contribution < 1.29 is 19.1 Å². The van der Waals surface area contributed by atoms with E-state index in [0.29, 0.717) is 6.61 Å². The Balaban J connectivity index is 5.08. The molecular formula is C10H13NO4S2. The van der Waals surface area contributed by atoms with Gasteiger partial charge in [0, 0.05) is 5.02 Å². The second kappa shape index (κ2) is 8.81. The number of esters is 1. The zero-order valence-electron chi connectivity index (χ0n) is 9.81. The van der Waals surface area contributed by atoms with Gasteiger partial charge in [-0.05, 0) is 26.1 Å². The van der Waals surface area contributed by atoms with Crippen molar-refractivity contribution in [3.8, 4) is 0 Å². The zero-order valence-corrected chi connectivity index (χ0v) is 11.4. The lowest BCUT2D eigenvalue weighted by Crippen LogP contribution is -2.27. The van der Waals surface area contributed by atoms with E-state index in [1.54, 1.807) is 13.8 Å². The van der Waals surface area contributed by atoms with Gasteiger partial charge in [-0.1, -0.05) is 17.4 Å². The second-order valence-electron chi connectivity index (χ2n) is 2.54. The summed E-state index contributed by atoms with van der Waals surface area (Å²) < 4.78 is 9.91. The molecule has 7 heteroatoms. The highest BCUT2D eigenvalue weighted by molar-refractivity contribution is 7.83. The number of oxime groups is 1.